The molecule has 41 heavy (non-hydrogen) atoms. The Morgan fingerprint density at radius 1 is 0.780 bits per heavy atom. The number of amides is 2. The van der Waals surface area contributed by atoms with Crippen LogP contribution in [0.15, 0.2) is 78.9 Å². The van der Waals surface area contributed by atoms with E-state index in [-0.39, 0.29) is 30.2 Å². The average Bonchev–Trinajstić information content (AvgIpc) is 2.97. The van der Waals surface area contributed by atoms with E-state index in [0.717, 1.165) is 54.7 Å². The number of nitrogens with one attached hydrogen (secondary N) is 2. The Kier molecular flexibility index (Phi) is 13.4. The Labute approximate surface area is 243 Å². The van der Waals surface area contributed by atoms with Gasteiger partial charge in [0.2, 0.25) is 11.8 Å². The highest BCUT2D eigenvalue weighted by Gasteiger charge is 2.15. The van der Waals surface area contributed by atoms with Crippen molar-refractivity contribution in [3.63, 3.8) is 0 Å². The summed E-state index contributed by atoms with van der Waals surface area (Å²) < 4.78 is 10.7. The zero-order valence-corrected chi connectivity index (χ0v) is 24.2. The molecule has 0 saturated heterocycles. The van der Waals surface area contributed by atoms with Crippen LogP contribution in [-0.2, 0) is 38.6 Å². The smallest absolute Gasteiger partial charge is 0.305 e. The van der Waals surface area contributed by atoms with E-state index in [0.29, 0.717) is 25.9 Å². The first-order chi connectivity index (χ1) is 19.9. The molecule has 0 saturated carbocycles. The van der Waals surface area contributed by atoms with E-state index in [1.807, 2.05) is 72.8 Å². The van der Waals surface area contributed by atoms with Gasteiger partial charge >= 0.3 is 5.97 Å². The number of carbonyl (C=O) groups is 3. The molecule has 3 rings (SSSR count). The second kappa shape index (κ2) is 17.5. The molecule has 0 radical (unpaired) electrons. The van der Waals surface area contributed by atoms with Gasteiger partial charge in [0.1, 0.15) is 12.4 Å². The molecule has 7 nitrogen and oxygen atoms in total. The SMILES string of the molecule is COC(=O)CCC(Cc1ccc(OCc2ccccc2)cc1)NC(=O)CCCCCCc1cccc(NC(C)=O)c1. The fraction of sp³-hybridized carbons (Fsp3) is 0.382. The van der Waals surface area contributed by atoms with Crippen LogP contribution in [0.1, 0.15) is 68.6 Å². The van der Waals surface area contributed by atoms with Gasteiger partial charge in [-0.05, 0) is 73.1 Å². The van der Waals surface area contributed by atoms with Crippen molar-refractivity contribution >= 4 is 23.5 Å². The molecule has 1 unspecified atom stereocenters. The Morgan fingerprint density at radius 3 is 2.24 bits per heavy atom. The lowest BCUT2D eigenvalue weighted by atomic mass is 10.0. The molecule has 2 N–H and O–H groups in total. The van der Waals surface area contributed by atoms with Gasteiger partial charge < -0.3 is 20.1 Å². The van der Waals surface area contributed by atoms with Crippen molar-refractivity contribution in [2.45, 2.75) is 77.4 Å². The largest absolute Gasteiger partial charge is 0.489 e. The molecule has 0 aliphatic rings. The molecule has 218 valence electrons. The van der Waals surface area contributed by atoms with Gasteiger partial charge in [-0.15, -0.1) is 0 Å². The molecule has 3 aromatic carbocycles. The maximum Gasteiger partial charge on any atom is 0.305 e. The van der Waals surface area contributed by atoms with Crippen LogP contribution in [0.4, 0.5) is 5.69 Å². The summed E-state index contributed by atoms with van der Waals surface area (Å²) in [7, 11) is 1.38. The number of rotatable bonds is 17. The van der Waals surface area contributed by atoms with Crippen molar-refractivity contribution in [1.82, 2.24) is 5.32 Å². The van der Waals surface area contributed by atoms with Crippen LogP contribution in [0, 0.1) is 0 Å². The van der Waals surface area contributed by atoms with Crippen molar-refractivity contribution < 1.29 is 23.9 Å². The van der Waals surface area contributed by atoms with Crippen LogP contribution < -0.4 is 15.4 Å². The molecule has 3 aromatic rings. The highest BCUT2D eigenvalue weighted by Crippen LogP contribution is 2.17. The number of hydrogen-bond acceptors (Lipinski definition) is 5. The highest BCUT2D eigenvalue weighted by molar-refractivity contribution is 5.88. The Balaban J connectivity index is 1.40. The topological polar surface area (TPSA) is 93.7 Å². The Bertz CT molecular complexity index is 1230. The van der Waals surface area contributed by atoms with E-state index < -0.39 is 0 Å². The number of anilines is 1. The predicted octanol–water partition coefficient (Wildman–Crippen LogP) is 6.40. The summed E-state index contributed by atoms with van der Waals surface area (Å²) in [6.45, 7) is 2.01. The minimum atomic E-state index is -0.281. The zero-order chi connectivity index (χ0) is 29.3. The van der Waals surface area contributed by atoms with Gasteiger partial charge in [0, 0.05) is 31.5 Å². The van der Waals surface area contributed by atoms with E-state index in [4.69, 9.17) is 9.47 Å². The van der Waals surface area contributed by atoms with E-state index in [2.05, 4.69) is 16.7 Å². The number of carbonyl (C=O) groups excluding carboxylic acids is 3. The van der Waals surface area contributed by atoms with E-state index in [1.54, 1.807) is 0 Å². The van der Waals surface area contributed by atoms with Crippen LogP contribution in [-0.4, -0.2) is 30.9 Å². The van der Waals surface area contributed by atoms with Gasteiger partial charge in [-0.2, -0.15) is 0 Å². The Hall–Kier alpha value is -4.13. The third-order valence-electron chi connectivity index (χ3n) is 6.81. The second-order valence-corrected chi connectivity index (χ2v) is 10.3. The molecule has 2 amide bonds. The van der Waals surface area contributed by atoms with E-state index in [1.165, 1.54) is 19.6 Å². The molecule has 0 aliphatic carbocycles. The van der Waals surface area contributed by atoms with Crippen LogP contribution in [0.3, 0.4) is 0 Å². The average molecular weight is 559 g/mol. The van der Waals surface area contributed by atoms with Crippen molar-refractivity contribution in [3.05, 3.63) is 95.6 Å². The monoisotopic (exact) mass is 558 g/mol. The first-order valence-corrected chi connectivity index (χ1v) is 14.4. The van der Waals surface area contributed by atoms with Gasteiger partial charge in [-0.1, -0.05) is 67.4 Å². The van der Waals surface area contributed by atoms with Crippen molar-refractivity contribution in [1.29, 1.82) is 0 Å². The lowest BCUT2D eigenvalue weighted by molar-refractivity contribution is -0.141. The molecule has 0 spiro atoms. The number of aryl methyl sites for hydroxylation is 1. The van der Waals surface area contributed by atoms with E-state index >= 15 is 0 Å². The van der Waals surface area contributed by atoms with Gasteiger partial charge in [0.15, 0.2) is 0 Å². The zero-order valence-electron chi connectivity index (χ0n) is 24.2. The van der Waals surface area contributed by atoms with Gasteiger partial charge in [-0.3, -0.25) is 14.4 Å². The second-order valence-electron chi connectivity index (χ2n) is 10.3. The third-order valence-corrected chi connectivity index (χ3v) is 6.81. The molecule has 0 fully saturated rings. The molecule has 0 aliphatic heterocycles. The standard InChI is InChI=1S/C34H42N2O5/c1-26(37)35-30-15-10-14-27(23-30)11-6-3-4-9-16-33(38)36-31(19-22-34(39)40-2)24-28-17-20-32(21-18-28)41-25-29-12-7-5-8-13-29/h5,7-8,10,12-15,17-18,20-21,23,31H,3-4,6,9,11,16,19,22,24-25H2,1-2H3,(H,35,37)(H,36,38). The van der Waals surface area contributed by atoms with E-state index in [9.17, 15) is 14.4 Å². The number of benzene rings is 3. The summed E-state index contributed by atoms with van der Waals surface area (Å²) in [6, 6.07) is 25.7. The number of unbranched alkanes of at least 4 members (excludes halogenated alkanes) is 3. The summed E-state index contributed by atoms with van der Waals surface area (Å²) in [6.07, 6.45) is 6.62. The normalized spacial score (nSPS) is 11.4. The molecule has 0 aromatic heterocycles. The number of ether oxygens (including phenoxy) is 2. The maximum atomic E-state index is 12.7. The molecular weight excluding hydrogens is 516 g/mol. The molecule has 7 heteroatoms. The summed E-state index contributed by atoms with van der Waals surface area (Å²) in [4.78, 5) is 35.7. The lowest BCUT2D eigenvalue weighted by Gasteiger charge is -2.19. The molecular formula is C34H42N2O5. The third kappa shape index (κ3) is 12.7. The number of methoxy groups -OCH3 is 1. The quantitative estimate of drug-likeness (QED) is 0.148. The van der Waals surface area contributed by atoms with Gasteiger partial charge in [0.25, 0.3) is 0 Å². The molecule has 0 bridgehead atoms. The Morgan fingerprint density at radius 2 is 1.51 bits per heavy atom. The van der Waals surface area contributed by atoms with Crippen LogP contribution >= 0.6 is 0 Å². The summed E-state index contributed by atoms with van der Waals surface area (Å²) in [5.74, 6) is 0.436. The van der Waals surface area contributed by atoms with Crippen LogP contribution in [0.25, 0.3) is 0 Å². The highest BCUT2D eigenvalue weighted by atomic mass is 16.5. The van der Waals surface area contributed by atoms with Crippen molar-refractivity contribution in [2.24, 2.45) is 0 Å². The van der Waals surface area contributed by atoms with Crippen LogP contribution in [0.5, 0.6) is 5.75 Å². The first kappa shape index (κ1) is 31.4. The van der Waals surface area contributed by atoms with Gasteiger partial charge in [-0.25, -0.2) is 0 Å². The van der Waals surface area contributed by atoms with Gasteiger partial charge in [0.05, 0.1) is 7.11 Å². The van der Waals surface area contributed by atoms with Crippen molar-refractivity contribution in [2.75, 3.05) is 12.4 Å². The minimum Gasteiger partial charge on any atom is -0.489 e. The maximum absolute atomic E-state index is 12.7. The van der Waals surface area contributed by atoms with Crippen LogP contribution in [0.2, 0.25) is 0 Å². The number of esters is 1. The lowest BCUT2D eigenvalue weighted by Crippen LogP contribution is -2.36. The number of hydrogen-bond donors (Lipinski definition) is 2. The predicted molar refractivity (Wildman–Crippen MR) is 162 cm³/mol. The summed E-state index contributed by atoms with van der Waals surface area (Å²) in [5.41, 5.74) is 4.18. The summed E-state index contributed by atoms with van der Waals surface area (Å²) in [5, 5.41) is 5.95. The van der Waals surface area contributed by atoms with Crippen molar-refractivity contribution in [3.8, 4) is 5.75 Å². The fourth-order valence-electron chi connectivity index (χ4n) is 4.64. The summed E-state index contributed by atoms with van der Waals surface area (Å²) >= 11 is 0. The molecule has 1 atom stereocenters. The minimum absolute atomic E-state index is 0.00527. The fourth-order valence-corrected chi connectivity index (χ4v) is 4.64. The molecule has 0 heterocycles. The first-order valence-electron chi connectivity index (χ1n) is 14.4.